The Bertz CT molecular complexity index is 229. The molecule has 0 fully saturated rings. The molecule has 3 nitrogen and oxygen atoms in total. The summed E-state index contributed by atoms with van der Waals surface area (Å²) in [6.07, 6.45) is 9.50. The van der Waals surface area contributed by atoms with Gasteiger partial charge in [-0.05, 0) is 0 Å². The van der Waals surface area contributed by atoms with Gasteiger partial charge in [-0.3, -0.25) is 0 Å². The first kappa shape index (κ1) is 12.8. The Morgan fingerprint density at radius 3 is 2.14 bits per heavy atom. The first-order valence-electron chi connectivity index (χ1n) is 4.32. The predicted octanol–water partition coefficient (Wildman–Crippen LogP) is 0.555. The smallest absolute Gasteiger partial charge is 0.106 e. The summed E-state index contributed by atoms with van der Waals surface area (Å²) in [6.45, 7) is 3.05. The maximum absolute atomic E-state index is 9.16. The molecule has 2 atom stereocenters. The van der Waals surface area contributed by atoms with E-state index in [0.29, 0.717) is 0 Å². The number of aliphatic hydroxyl groups is 3. The van der Waals surface area contributed by atoms with Crippen LogP contribution >= 0.6 is 0 Å². The fourth-order valence-corrected chi connectivity index (χ4v) is 0.685. The zero-order chi connectivity index (χ0) is 10.8. The Kier molecular flexibility index (Phi) is 7.74. The molecule has 0 amide bonds. The molecule has 0 aromatic carbocycles. The Hall–Kier alpha value is -1.16. The molecule has 0 unspecified atom stereocenters. The van der Waals surface area contributed by atoms with Gasteiger partial charge in [0.2, 0.25) is 0 Å². The first-order valence-corrected chi connectivity index (χ1v) is 4.32. The molecule has 0 saturated carbocycles. The standard InChI is InChI=1S/C11H16O3/c1-2-3-4-5-6-7-8-10(13)11(14)9-12/h2-8,10-14H,1,9H2/b4-3+,6-5+,8-7+/t10-,11+/m0/s1. The van der Waals surface area contributed by atoms with E-state index < -0.39 is 18.8 Å². The van der Waals surface area contributed by atoms with Crippen LogP contribution in [0.5, 0.6) is 0 Å². The van der Waals surface area contributed by atoms with Crippen LogP contribution in [-0.4, -0.2) is 34.1 Å². The third kappa shape index (κ3) is 6.37. The molecule has 14 heavy (non-hydrogen) atoms. The minimum Gasteiger partial charge on any atom is -0.394 e. The minimum atomic E-state index is -1.12. The molecular weight excluding hydrogens is 180 g/mol. The van der Waals surface area contributed by atoms with E-state index in [0.717, 1.165) is 0 Å². The summed E-state index contributed by atoms with van der Waals surface area (Å²) in [5.41, 5.74) is 0. The Morgan fingerprint density at radius 1 is 1.00 bits per heavy atom. The van der Waals surface area contributed by atoms with Crippen molar-refractivity contribution in [2.75, 3.05) is 6.61 Å². The minimum absolute atomic E-state index is 0.453. The first-order chi connectivity index (χ1) is 6.72. The third-order valence-electron chi connectivity index (χ3n) is 1.47. The van der Waals surface area contributed by atoms with Gasteiger partial charge in [0.05, 0.1) is 6.61 Å². The van der Waals surface area contributed by atoms with E-state index >= 15 is 0 Å². The number of hydrogen-bond acceptors (Lipinski definition) is 3. The molecule has 3 N–H and O–H groups in total. The monoisotopic (exact) mass is 196 g/mol. The van der Waals surface area contributed by atoms with Gasteiger partial charge in [0.1, 0.15) is 12.2 Å². The molecule has 0 radical (unpaired) electrons. The van der Waals surface area contributed by atoms with Crippen LogP contribution in [0.4, 0.5) is 0 Å². The van der Waals surface area contributed by atoms with Gasteiger partial charge in [-0.1, -0.05) is 49.1 Å². The predicted molar refractivity (Wildman–Crippen MR) is 56.7 cm³/mol. The number of rotatable bonds is 6. The fourth-order valence-electron chi connectivity index (χ4n) is 0.685. The van der Waals surface area contributed by atoms with E-state index in [-0.39, 0.29) is 0 Å². The lowest BCUT2D eigenvalue weighted by molar-refractivity contribution is 0.00949. The second kappa shape index (κ2) is 8.44. The molecule has 0 aliphatic rings. The number of aliphatic hydroxyl groups excluding tert-OH is 3. The van der Waals surface area contributed by atoms with Crippen molar-refractivity contribution >= 4 is 0 Å². The third-order valence-corrected chi connectivity index (χ3v) is 1.47. The molecule has 0 saturated heterocycles. The molecule has 0 heterocycles. The van der Waals surface area contributed by atoms with Gasteiger partial charge in [-0.15, -0.1) is 0 Å². The van der Waals surface area contributed by atoms with Crippen molar-refractivity contribution < 1.29 is 15.3 Å². The summed E-state index contributed by atoms with van der Waals surface area (Å²) in [7, 11) is 0. The molecule has 0 spiro atoms. The topological polar surface area (TPSA) is 60.7 Å². The maximum Gasteiger partial charge on any atom is 0.106 e. The van der Waals surface area contributed by atoms with Crippen molar-refractivity contribution in [2.24, 2.45) is 0 Å². The largest absolute Gasteiger partial charge is 0.394 e. The molecule has 3 heteroatoms. The van der Waals surface area contributed by atoms with Crippen LogP contribution in [0.2, 0.25) is 0 Å². The van der Waals surface area contributed by atoms with E-state index in [1.54, 1.807) is 36.5 Å². The van der Waals surface area contributed by atoms with Gasteiger partial charge in [0.25, 0.3) is 0 Å². The SMILES string of the molecule is C=C/C=C/C=C/C=C/[C@H](O)[C@H](O)CO. The maximum atomic E-state index is 9.16. The zero-order valence-corrected chi connectivity index (χ0v) is 7.95. The number of hydrogen-bond donors (Lipinski definition) is 3. The van der Waals surface area contributed by atoms with Gasteiger partial charge >= 0.3 is 0 Å². The van der Waals surface area contributed by atoms with Crippen molar-refractivity contribution in [1.82, 2.24) is 0 Å². The van der Waals surface area contributed by atoms with Crippen molar-refractivity contribution in [2.45, 2.75) is 12.2 Å². The van der Waals surface area contributed by atoms with Crippen LogP contribution in [0, 0.1) is 0 Å². The Balaban J connectivity index is 3.87. The van der Waals surface area contributed by atoms with E-state index in [9.17, 15) is 0 Å². The highest BCUT2D eigenvalue weighted by atomic mass is 16.4. The normalized spacial score (nSPS) is 16.8. The average Bonchev–Trinajstić information content (AvgIpc) is 2.21. The highest BCUT2D eigenvalue weighted by molar-refractivity contribution is 5.15. The van der Waals surface area contributed by atoms with Crippen molar-refractivity contribution in [3.8, 4) is 0 Å². The van der Waals surface area contributed by atoms with Crippen LogP contribution < -0.4 is 0 Å². The summed E-state index contributed by atoms with van der Waals surface area (Å²) in [5, 5.41) is 26.6. The molecule has 78 valence electrons. The van der Waals surface area contributed by atoms with Crippen molar-refractivity contribution in [3.63, 3.8) is 0 Å². The lowest BCUT2D eigenvalue weighted by Crippen LogP contribution is -2.27. The van der Waals surface area contributed by atoms with Crippen LogP contribution in [0.1, 0.15) is 0 Å². The molecule has 0 bridgehead atoms. The zero-order valence-electron chi connectivity index (χ0n) is 7.95. The second-order valence-electron chi connectivity index (χ2n) is 2.63. The van der Waals surface area contributed by atoms with Crippen LogP contribution in [0.3, 0.4) is 0 Å². The molecule has 0 rings (SSSR count). The highest BCUT2D eigenvalue weighted by Crippen LogP contribution is 1.94. The van der Waals surface area contributed by atoms with Gasteiger partial charge < -0.3 is 15.3 Å². The van der Waals surface area contributed by atoms with E-state index in [1.807, 2.05) is 0 Å². The summed E-state index contributed by atoms with van der Waals surface area (Å²) in [4.78, 5) is 0. The lowest BCUT2D eigenvalue weighted by Gasteiger charge is -2.09. The Labute approximate surface area is 84.0 Å². The summed E-state index contributed by atoms with van der Waals surface area (Å²) in [5.74, 6) is 0. The summed E-state index contributed by atoms with van der Waals surface area (Å²) < 4.78 is 0. The molecule has 0 aliphatic heterocycles. The number of allylic oxidation sites excluding steroid dienone is 6. The summed E-state index contributed by atoms with van der Waals surface area (Å²) >= 11 is 0. The van der Waals surface area contributed by atoms with Crippen LogP contribution in [0.15, 0.2) is 49.1 Å². The van der Waals surface area contributed by atoms with E-state index in [1.165, 1.54) is 6.08 Å². The molecular formula is C11H16O3. The summed E-state index contributed by atoms with van der Waals surface area (Å²) in [6, 6.07) is 0. The van der Waals surface area contributed by atoms with Crippen LogP contribution in [-0.2, 0) is 0 Å². The lowest BCUT2D eigenvalue weighted by atomic mass is 10.2. The van der Waals surface area contributed by atoms with E-state index in [2.05, 4.69) is 6.58 Å². The average molecular weight is 196 g/mol. The second-order valence-corrected chi connectivity index (χ2v) is 2.63. The van der Waals surface area contributed by atoms with Crippen molar-refractivity contribution in [1.29, 1.82) is 0 Å². The van der Waals surface area contributed by atoms with Crippen molar-refractivity contribution in [3.05, 3.63) is 49.1 Å². The Morgan fingerprint density at radius 2 is 1.57 bits per heavy atom. The fraction of sp³-hybridized carbons (Fsp3) is 0.273. The molecule has 0 aliphatic carbocycles. The molecule has 0 aromatic rings. The van der Waals surface area contributed by atoms with Crippen LogP contribution in [0.25, 0.3) is 0 Å². The van der Waals surface area contributed by atoms with Gasteiger partial charge in [-0.2, -0.15) is 0 Å². The quantitative estimate of drug-likeness (QED) is 0.544. The van der Waals surface area contributed by atoms with E-state index in [4.69, 9.17) is 15.3 Å². The van der Waals surface area contributed by atoms with Gasteiger partial charge in [0, 0.05) is 0 Å². The molecule has 0 aromatic heterocycles. The van der Waals surface area contributed by atoms with Gasteiger partial charge in [0.15, 0.2) is 0 Å². The van der Waals surface area contributed by atoms with Gasteiger partial charge in [-0.25, -0.2) is 0 Å². The highest BCUT2D eigenvalue weighted by Gasteiger charge is 2.09.